The molecular formula is C9H20O3. The van der Waals surface area contributed by atoms with Gasteiger partial charge in [-0.3, -0.25) is 0 Å². The van der Waals surface area contributed by atoms with Gasteiger partial charge in [-0.25, -0.2) is 0 Å². The molecule has 0 aromatic rings. The molecule has 1 rings (SSSR count). The predicted octanol–water partition coefficient (Wildman–Crippen LogP) is 1.81. The summed E-state index contributed by atoms with van der Waals surface area (Å²) in [5, 5.41) is 0. The van der Waals surface area contributed by atoms with Crippen molar-refractivity contribution in [2.75, 3.05) is 20.8 Å². The van der Waals surface area contributed by atoms with E-state index in [2.05, 4.69) is 16.4 Å². The van der Waals surface area contributed by atoms with Crippen LogP contribution in [0.25, 0.3) is 0 Å². The molecule has 1 aliphatic rings. The maximum absolute atomic E-state index is 5.15. The van der Waals surface area contributed by atoms with Crippen LogP contribution in [0.4, 0.5) is 0 Å². The number of hydrogen-bond acceptors (Lipinski definition) is 3. The zero-order chi connectivity index (χ0) is 9.40. The van der Waals surface area contributed by atoms with Gasteiger partial charge < -0.3 is 14.2 Å². The van der Waals surface area contributed by atoms with Crippen molar-refractivity contribution in [1.82, 2.24) is 0 Å². The van der Waals surface area contributed by atoms with Gasteiger partial charge in [-0.2, -0.15) is 0 Å². The average Bonchev–Trinajstić information content (AvgIpc) is 2.55. The highest BCUT2D eigenvalue weighted by atomic mass is 16.7. The Morgan fingerprint density at radius 2 is 1.92 bits per heavy atom. The van der Waals surface area contributed by atoms with Gasteiger partial charge in [0.1, 0.15) is 0 Å². The fourth-order valence-corrected chi connectivity index (χ4v) is 0.835. The van der Waals surface area contributed by atoms with Gasteiger partial charge in [-0.15, -0.1) is 0 Å². The second-order valence-electron chi connectivity index (χ2n) is 2.86. The minimum absolute atomic E-state index is 0.0648. The third kappa shape index (κ3) is 6.58. The van der Waals surface area contributed by atoms with Crippen molar-refractivity contribution in [3.63, 3.8) is 0 Å². The Labute approximate surface area is 75.0 Å². The fraction of sp³-hybridized carbons (Fsp3) is 1.00. The van der Waals surface area contributed by atoms with Crippen LogP contribution in [0.15, 0.2) is 0 Å². The number of hydrogen-bond donors (Lipinski definition) is 0. The summed E-state index contributed by atoms with van der Waals surface area (Å²) >= 11 is 0. The molecule has 0 saturated carbocycles. The van der Waals surface area contributed by atoms with E-state index < -0.39 is 0 Å². The Bertz CT molecular complexity index is 85.8. The first-order valence-electron chi connectivity index (χ1n) is 4.38. The molecule has 1 unspecified atom stereocenters. The van der Waals surface area contributed by atoms with Crippen molar-refractivity contribution in [3.05, 3.63) is 0 Å². The van der Waals surface area contributed by atoms with Crippen LogP contribution < -0.4 is 0 Å². The maximum atomic E-state index is 5.15. The summed E-state index contributed by atoms with van der Waals surface area (Å²) in [6.45, 7) is 4.94. The molecule has 1 fully saturated rings. The second kappa shape index (κ2) is 7.53. The van der Waals surface area contributed by atoms with Crippen molar-refractivity contribution in [1.29, 1.82) is 0 Å². The average molecular weight is 176 g/mol. The molecular weight excluding hydrogens is 156 g/mol. The number of ether oxygens (including phenoxy) is 3. The second-order valence-corrected chi connectivity index (χ2v) is 2.86. The highest BCUT2D eigenvalue weighted by Crippen LogP contribution is 2.09. The van der Waals surface area contributed by atoms with Gasteiger partial charge in [0, 0.05) is 20.8 Å². The minimum Gasteiger partial charge on any atom is -0.379 e. The summed E-state index contributed by atoms with van der Waals surface area (Å²) in [5.74, 6) is 0. The highest BCUT2D eigenvalue weighted by molar-refractivity contribution is 4.56. The van der Waals surface area contributed by atoms with Gasteiger partial charge >= 0.3 is 0 Å². The van der Waals surface area contributed by atoms with Crippen molar-refractivity contribution in [2.45, 2.75) is 39.1 Å². The van der Waals surface area contributed by atoms with Gasteiger partial charge in [0.2, 0.25) is 0 Å². The van der Waals surface area contributed by atoms with Crippen LogP contribution in [0.5, 0.6) is 0 Å². The molecule has 74 valence electrons. The smallest absolute Gasteiger partial charge is 0.154 e. The van der Waals surface area contributed by atoms with Crippen LogP contribution in [0.1, 0.15) is 26.7 Å². The Kier molecular flexibility index (Phi) is 7.45. The van der Waals surface area contributed by atoms with E-state index in [-0.39, 0.29) is 6.29 Å². The highest BCUT2D eigenvalue weighted by Gasteiger charge is 2.07. The normalized spacial score (nSPS) is 22.2. The lowest BCUT2D eigenvalue weighted by molar-refractivity contribution is -0.0877. The molecule has 12 heavy (non-hydrogen) atoms. The van der Waals surface area contributed by atoms with Crippen molar-refractivity contribution in [2.24, 2.45) is 0 Å². The van der Waals surface area contributed by atoms with Crippen LogP contribution in [0.3, 0.4) is 0 Å². The molecule has 0 aromatic carbocycles. The molecule has 3 heteroatoms. The molecule has 1 heterocycles. The van der Waals surface area contributed by atoms with Crippen LogP contribution in [-0.2, 0) is 14.2 Å². The third-order valence-corrected chi connectivity index (χ3v) is 1.82. The Hall–Kier alpha value is -0.120. The van der Waals surface area contributed by atoms with Gasteiger partial charge in [-0.1, -0.05) is 0 Å². The van der Waals surface area contributed by atoms with E-state index in [1.54, 1.807) is 14.2 Å². The summed E-state index contributed by atoms with van der Waals surface area (Å²) in [7, 11) is 3.21. The first-order valence-corrected chi connectivity index (χ1v) is 4.38. The fourth-order valence-electron chi connectivity index (χ4n) is 0.835. The summed E-state index contributed by atoms with van der Waals surface area (Å²) in [4.78, 5) is 0. The van der Waals surface area contributed by atoms with Crippen molar-refractivity contribution >= 4 is 0 Å². The summed E-state index contributed by atoms with van der Waals surface area (Å²) in [6.07, 6.45) is 3.01. The van der Waals surface area contributed by atoms with Crippen molar-refractivity contribution < 1.29 is 14.2 Å². The molecule has 3 nitrogen and oxygen atoms in total. The monoisotopic (exact) mass is 176 g/mol. The number of methoxy groups -OCH3 is 2. The first-order chi connectivity index (χ1) is 5.70. The van der Waals surface area contributed by atoms with Gasteiger partial charge in [0.15, 0.2) is 6.29 Å². The van der Waals surface area contributed by atoms with E-state index in [0.717, 1.165) is 6.61 Å². The zero-order valence-electron chi connectivity index (χ0n) is 8.50. The molecule has 0 radical (unpaired) electrons. The number of rotatable bonds is 2. The Morgan fingerprint density at radius 1 is 1.33 bits per heavy atom. The predicted molar refractivity (Wildman–Crippen MR) is 48.1 cm³/mol. The van der Waals surface area contributed by atoms with Crippen LogP contribution in [0.2, 0.25) is 0 Å². The third-order valence-electron chi connectivity index (χ3n) is 1.82. The first kappa shape index (κ1) is 11.9. The SMILES string of the molecule is CC1CCCO1.COC(C)OC. The quantitative estimate of drug-likeness (QED) is 0.600. The lowest BCUT2D eigenvalue weighted by atomic mass is 10.3. The van der Waals surface area contributed by atoms with Crippen LogP contribution >= 0.6 is 0 Å². The Balaban J connectivity index is 0.000000202. The van der Waals surface area contributed by atoms with Gasteiger partial charge in [-0.05, 0) is 26.7 Å². The topological polar surface area (TPSA) is 27.7 Å². The van der Waals surface area contributed by atoms with Gasteiger partial charge in [0.05, 0.1) is 6.10 Å². The standard InChI is InChI=1S/C5H10O.C4H10O2/c1-5-3-2-4-6-5;1-4(5-2)6-3/h5H,2-4H2,1H3;4H,1-3H3. The molecule has 0 aromatic heterocycles. The molecule has 0 amide bonds. The summed E-state index contributed by atoms with van der Waals surface area (Å²) in [5.41, 5.74) is 0. The lowest BCUT2D eigenvalue weighted by Gasteiger charge is -2.03. The minimum atomic E-state index is -0.0648. The summed E-state index contributed by atoms with van der Waals surface area (Å²) in [6, 6.07) is 0. The summed E-state index contributed by atoms with van der Waals surface area (Å²) < 4.78 is 14.5. The van der Waals surface area contributed by atoms with Crippen molar-refractivity contribution in [3.8, 4) is 0 Å². The lowest BCUT2D eigenvalue weighted by Crippen LogP contribution is -2.05. The maximum Gasteiger partial charge on any atom is 0.154 e. The van der Waals surface area contributed by atoms with Gasteiger partial charge in [0.25, 0.3) is 0 Å². The largest absolute Gasteiger partial charge is 0.379 e. The van der Waals surface area contributed by atoms with E-state index in [1.165, 1.54) is 12.8 Å². The van der Waals surface area contributed by atoms with E-state index in [9.17, 15) is 0 Å². The van der Waals surface area contributed by atoms with E-state index in [4.69, 9.17) is 4.74 Å². The van der Waals surface area contributed by atoms with E-state index in [0.29, 0.717) is 6.10 Å². The zero-order valence-corrected chi connectivity index (χ0v) is 8.50. The molecule has 0 bridgehead atoms. The van der Waals surface area contributed by atoms with Crippen LogP contribution in [-0.4, -0.2) is 33.2 Å². The van der Waals surface area contributed by atoms with Crippen LogP contribution in [0, 0.1) is 0 Å². The molecule has 1 atom stereocenters. The molecule has 1 saturated heterocycles. The Morgan fingerprint density at radius 3 is 2.00 bits per heavy atom. The van der Waals surface area contributed by atoms with E-state index >= 15 is 0 Å². The molecule has 0 aliphatic carbocycles. The molecule has 0 N–H and O–H groups in total. The molecule has 1 aliphatic heterocycles. The van der Waals surface area contributed by atoms with E-state index in [1.807, 2.05) is 6.92 Å². The molecule has 0 spiro atoms.